The summed E-state index contributed by atoms with van der Waals surface area (Å²) in [6.45, 7) is 2.93. The van der Waals surface area contributed by atoms with Crippen LogP contribution in [0.25, 0.3) is 0 Å². The van der Waals surface area contributed by atoms with Crippen LogP contribution in [0.5, 0.6) is 0 Å². The lowest BCUT2D eigenvalue weighted by Crippen LogP contribution is -2.45. The molecule has 4 heteroatoms. The first kappa shape index (κ1) is 15.6. The Labute approximate surface area is 122 Å². The molecule has 1 N–H and O–H groups in total. The molecule has 0 aromatic carbocycles. The number of hydrogen-bond acceptors (Lipinski definition) is 3. The Morgan fingerprint density at radius 3 is 2.26 bits per heavy atom. The highest BCUT2D eigenvalue weighted by Gasteiger charge is 2.39. The number of fused-ring (bicyclic) bond motifs is 2. The Morgan fingerprint density at radius 2 is 1.63 bits per heavy atom. The van der Waals surface area contributed by atoms with Gasteiger partial charge in [-0.15, -0.1) is 11.6 Å². The zero-order valence-electron chi connectivity index (χ0n) is 11.9. The molecular formula is C15H28ClNO2. The fraction of sp³-hybridized carbons (Fsp3) is 1.00. The zero-order valence-corrected chi connectivity index (χ0v) is 12.7. The number of halogens is 1. The van der Waals surface area contributed by atoms with Gasteiger partial charge in [0.05, 0.1) is 6.10 Å². The summed E-state index contributed by atoms with van der Waals surface area (Å²) in [6.07, 6.45) is 9.03. The van der Waals surface area contributed by atoms with E-state index in [-0.39, 0.29) is 6.10 Å². The molecule has 3 nitrogen and oxygen atoms in total. The number of alkyl halides is 1. The third-order valence-electron chi connectivity index (χ3n) is 4.49. The van der Waals surface area contributed by atoms with E-state index < -0.39 is 0 Å². The van der Waals surface area contributed by atoms with Crippen molar-refractivity contribution in [1.29, 1.82) is 0 Å². The van der Waals surface area contributed by atoms with Gasteiger partial charge in [-0.25, -0.2) is 0 Å². The highest BCUT2D eigenvalue weighted by atomic mass is 35.5. The Balaban J connectivity index is 1.50. The Hall–Kier alpha value is 0.170. The normalized spacial score (nSPS) is 30.9. The summed E-state index contributed by atoms with van der Waals surface area (Å²) in [4.78, 5) is 2.64. The van der Waals surface area contributed by atoms with Gasteiger partial charge < -0.3 is 9.84 Å². The minimum atomic E-state index is -0.0426. The number of ether oxygens (including phenoxy) is 1. The summed E-state index contributed by atoms with van der Waals surface area (Å²) >= 11 is 5.61. The van der Waals surface area contributed by atoms with Gasteiger partial charge >= 0.3 is 0 Å². The number of unbranched alkanes of at least 4 members (excludes halogenated alkanes) is 2. The van der Waals surface area contributed by atoms with Crippen LogP contribution in [0.15, 0.2) is 0 Å². The highest BCUT2D eigenvalue weighted by Crippen LogP contribution is 2.35. The third-order valence-corrected chi connectivity index (χ3v) is 4.75. The fourth-order valence-corrected chi connectivity index (χ4v) is 3.70. The molecule has 0 saturated carbocycles. The van der Waals surface area contributed by atoms with Crippen LogP contribution in [0.4, 0.5) is 0 Å². The van der Waals surface area contributed by atoms with E-state index in [9.17, 15) is 5.11 Å². The lowest BCUT2D eigenvalue weighted by Gasteiger charge is -2.37. The van der Waals surface area contributed by atoms with E-state index in [1.165, 1.54) is 25.8 Å². The molecule has 3 atom stereocenters. The van der Waals surface area contributed by atoms with E-state index in [0.717, 1.165) is 51.2 Å². The number of rotatable bonds is 9. The van der Waals surface area contributed by atoms with Crippen molar-refractivity contribution in [3.8, 4) is 0 Å². The minimum Gasteiger partial charge on any atom is -0.393 e. The Kier molecular flexibility index (Phi) is 6.92. The summed E-state index contributed by atoms with van der Waals surface area (Å²) in [6, 6.07) is 1.30. The van der Waals surface area contributed by atoms with Crippen LogP contribution in [0.3, 0.4) is 0 Å². The van der Waals surface area contributed by atoms with Crippen molar-refractivity contribution < 1.29 is 9.84 Å². The number of nitrogens with zero attached hydrogens (tertiary/aromatic N) is 1. The van der Waals surface area contributed by atoms with Crippen molar-refractivity contribution in [3.05, 3.63) is 0 Å². The summed E-state index contributed by atoms with van der Waals surface area (Å²) in [5, 5.41) is 9.76. The molecule has 0 aromatic rings. The van der Waals surface area contributed by atoms with E-state index in [0.29, 0.717) is 12.1 Å². The molecule has 2 aliphatic rings. The molecular weight excluding hydrogens is 262 g/mol. The molecule has 0 aliphatic carbocycles. The van der Waals surface area contributed by atoms with E-state index in [4.69, 9.17) is 16.3 Å². The van der Waals surface area contributed by atoms with Crippen molar-refractivity contribution >= 4 is 11.6 Å². The molecule has 2 heterocycles. The molecule has 0 radical (unpaired) electrons. The molecule has 2 saturated heterocycles. The molecule has 2 fully saturated rings. The van der Waals surface area contributed by atoms with Crippen molar-refractivity contribution in [3.63, 3.8) is 0 Å². The van der Waals surface area contributed by atoms with Crippen LogP contribution < -0.4 is 0 Å². The van der Waals surface area contributed by atoms with Crippen molar-refractivity contribution in [2.24, 2.45) is 0 Å². The quantitative estimate of drug-likeness (QED) is 0.523. The first-order valence-electron chi connectivity index (χ1n) is 7.88. The van der Waals surface area contributed by atoms with Gasteiger partial charge in [0.1, 0.15) is 0 Å². The zero-order chi connectivity index (χ0) is 13.5. The van der Waals surface area contributed by atoms with Gasteiger partial charge in [-0.3, -0.25) is 4.90 Å². The third kappa shape index (κ3) is 4.89. The second-order valence-electron chi connectivity index (χ2n) is 5.96. The maximum atomic E-state index is 9.76. The second kappa shape index (κ2) is 8.46. The van der Waals surface area contributed by atoms with Crippen molar-refractivity contribution in [2.75, 3.05) is 25.6 Å². The highest BCUT2D eigenvalue weighted by molar-refractivity contribution is 6.17. The first-order chi connectivity index (χ1) is 9.31. The SMILES string of the molecule is OC1C[C@H]2CC[C@@H](C1)N2CCCCOCCCCCl. The van der Waals surface area contributed by atoms with Gasteiger partial charge in [0.25, 0.3) is 0 Å². The van der Waals surface area contributed by atoms with E-state index in [1.54, 1.807) is 0 Å². The topological polar surface area (TPSA) is 32.7 Å². The van der Waals surface area contributed by atoms with Crippen molar-refractivity contribution in [1.82, 2.24) is 4.90 Å². The van der Waals surface area contributed by atoms with E-state index >= 15 is 0 Å². The van der Waals surface area contributed by atoms with Gasteiger partial charge in [0.2, 0.25) is 0 Å². The van der Waals surface area contributed by atoms with Crippen LogP contribution >= 0.6 is 11.6 Å². The number of aliphatic hydroxyl groups excluding tert-OH is 1. The van der Waals surface area contributed by atoms with E-state index in [2.05, 4.69) is 4.90 Å². The molecule has 0 amide bonds. The molecule has 19 heavy (non-hydrogen) atoms. The molecule has 2 bridgehead atoms. The van der Waals surface area contributed by atoms with Gasteiger partial charge in [0, 0.05) is 31.2 Å². The van der Waals surface area contributed by atoms with Crippen molar-refractivity contribution in [2.45, 2.75) is 69.6 Å². The van der Waals surface area contributed by atoms with Crippen LogP contribution in [0.1, 0.15) is 51.4 Å². The number of piperidine rings is 1. The summed E-state index contributed by atoms with van der Waals surface area (Å²) in [7, 11) is 0. The summed E-state index contributed by atoms with van der Waals surface area (Å²) < 4.78 is 5.59. The maximum absolute atomic E-state index is 9.76. The molecule has 0 spiro atoms. The molecule has 1 unspecified atom stereocenters. The van der Waals surface area contributed by atoms with Crippen LogP contribution in [0.2, 0.25) is 0 Å². The van der Waals surface area contributed by atoms with Crippen LogP contribution in [0, 0.1) is 0 Å². The molecule has 112 valence electrons. The average molecular weight is 290 g/mol. The Morgan fingerprint density at radius 1 is 1.00 bits per heavy atom. The van der Waals surface area contributed by atoms with Crippen LogP contribution in [-0.4, -0.2) is 53.8 Å². The van der Waals surface area contributed by atoms with Gasteiger partial charge in [0.15, 0.2) is 0 Å². The molecule has 2 aliphatic heterocycles. The first-order valence-corrected chi connectivity index (χ1v) is 8.42. The summed E-state index contributed by atoms with van der Waals surface area (Å²) in [5.41, 5.74) is 0. The predicted molar refractivity (Wildman–Crippen MR) is 78.8 cm³/mol. The molecule has 0 aromatic heterocycles. The summed E-state index contributed by atoms with van der Waals surface area (Å²) in [5.74, 6) is 0.743. The van der Waals surface area contributed by atoms with Crippen LogP contribution in [-0.2, 0) is 4.74 Å². The predicted octanol–water partition coefficient (Wildman–Crippen LogP) is 2.79. The van der Waals surface area contributed by atoms with Gasteiger partial charge in [-0.1, -0.05) is 0 Å². The van der Waals surface area contributed by atoms with Gasteiger partial charge in [-0.05, 0) is 57.9 Å². The minimum absolute atomic E-state index is 0.0426. The monoisotopic (exact) mass is 289 g/mol. The Bertz CT molecular complexity index is 238. The maximum Gasteiger partial charge on any atom is 0.0570 e. The smallest absolute Gasteiger partial charge is 0.0570 e. The number of hydrogen-bond donors (Lipinski definition) is 1. The molecule has 2 rings (SSSR count). The fourth-order valence-electron chi connectivity index (χ4n) is 3.51. The van der Waals surface area contributed by atoms with Gasteiger partial charge in [-0.2, -0.15) is 0 Å². The number of aliphatic hydroxyl groups is 1. The average Bonchev–Trinajstić information content (AvgIpc) is 2.64. The van der Waals surface area contributed by atoms with E-state index in [1.807, 2.05) is 0 Å². The standard InChI is InChI=1S/C15H28ClNO2/c16-7-1-3-9-19-10-4-2-8-17-13-5-6-14(17)12-15(18)11-13/h13-15,18H,1-12H2/t13-,14+,15?. The largest absolute Gasteiger partial charge is 0.393 e. The second-order valence-corrected chi connectivity index (χ2v) is 6.34. The lowest BCUT2D eigenvalue weighted by molar-refractivity contribution is 0.0329. The lowest BCUT2D eigenvalue weighted by atomic mass is 9.99.